The highest BCUT2D eigenvalue weighted by molar-refractivity contribution is 5.82. The number of carbonyl (C=O) groups is 1. The zero-order valence-electron chi connectivity index (χ0n) is 17.6. The van der Waals surface area contributed by atoms with Crippen molar-refractivity contribution in [2.75, 3.05) is 5.32 Å². The highest BCUT2D eigenvalue weighted by atomic mass is 19.1. The number of rotatable bonds is 2. The highest BCUT2D eigenvalue weighted by Gasteiger charge is 2.12. The third-order valence-corrected chi connectivity index (χ3v) is 3.23. The third kappa shape index (κ3) is 6.98. The Morgan fingerprint density at radius 2 is 1.61 bits per heavy atom. The van der Waals surface area contributed by atoms with Crippen molar-refractivity contribution in [1.29, 1.82) is 0 Å². The molecule has 7 heteroatoms. The Morgan fingerprint density at radius 1 is 1.07 bits per heavy atom. The second-order valence-corrected chi connectivity index (χ2v) is 5.37. The number of nitrogens with two attached hydrogens (primary N) is 1. The number of nitrogens with one attached hydrogen (secondary N) is 1. The molecule has 1 aromatic heterocycles. The monoisotopic (exact) mass is 392 g/mol. The van der Waals surface area contributed by atoms with E-state index < -0.39 is 11.6 Å². The van der Waals surface area contributed by atoms with E-state index in [-0.39, 0.29) is 22.8 Å². The fraction of sp³-hybridized carbons (Fsp3) is 0.333. The maximum Gasteiger partial charge on any atom is 0.214 e. The zero-order chi connectivity index (χ0) is 21.9. The molecule has 1 heterocycles. The van der Waals surface area contributed by atoms with Crippen LogP contribution in [0.5, 0.6) is 0 Å². The lowest BCUT2D eigenvalue weighted by molar-refractivity contribution is -0.115. The van der Waals surface area contributed by atoms with Gasteiger partial charge in [0, 0.05) is 14.0 Å². The van der Waals surface area contributed by atoms with Crippen LogP contribution < -0.4 is 11.1 Å². The molecule has 3 aromatic rings. The average Bonchev–Trinajstić information content (AvgIpc) is 3.04. The summed E-state index contributed by atoms with van der Waals surface area (Å²) in [6, 6.07) is 8.09. The van der Waals surface area contributed by atoms with Gasteiger partial charge in [0.05, 0.1) is 23.2 Å². The molecule has 0 aliphatic rings. The van der Waals surface area contributed by atoms with Crippen LogP contribution in [0.25, 0.3) is 11.0 Å². The van der Waals surface area contributed by atoms with Gasteiger partial charge in [0.15, 0.2) is 5.82 Å². The van der Waals surface area contributed by atoms with Gasteiger partial charge in [-0.15, -0.1) is 0 Å². The van der Waals surface area contributed by atoms with Crippen LogP contribution in [0.1, 0.15) is 40.2 Å². The fourth-order valence-electron chi connectivity index (χ4n) is 2.13. The molecule has 3 rings (SSSR count). The number of amides is 1. The first-order valence-electron chi connectivity index (χ1n) is 9.18. The minimum atomic E-state index is -0.483. The van der Waals surface area contributed by atoms with Gasteiger partial charge < -0.3 is 15.6 Å². The van der Waals surface area contributed by atoms with Gasteiger partial charge in [0.1, 0.15) is 11.3 Å². The van der Waals surface area contributed by atoms with Crippen molar-refractivity contribution in [2.24, 2.45) is 12.8 Å². The van der Waals surface area contributed by atoms with Crippen molar-refractivity contribution in [3.05, 3.63) is 53.9 Å². The maximum absolute atomic E-state index is 14.3. The number of fused-ring (bicyclic) bond motifs is 1. The van der Waals surface area contributed by atoms with E-state index in [1.165, 1.54) is 13.0 Å². The summed E-state index contributed by atoms with van der Waals surface area (Å²) in [5.41, 5.74) is 6.69. The van der Waals surface area contributed by atoms with Crippen LogP contribution in [0.2, 0.25) is 0 Å². The molecule has 0 aliphatic carbocycles. The van der Waals surface area contributed by atoms with E-state index in [4.69, 9.17) is 0 Å². The molecule has 3 N–H and O–H groups in total. The van der Waals surface area contributed by atoms with Gasteiger partial charge in [-0.25, -0.2) is 13.8 Å². The fourth-order valence-corrected chi connectivity index (χ4v) is 2.13. The number of primary amides is 1. The minimum absolute atomic E-state index is 0.207. The van der Waals surface area contributed by atoms with E-state index in [1.54, 1.807) is 49.1 Å². The Balaban J connectivity index is 0.000000797. The van der Waals surface area contributed by atoms with Crippen LogP contribution in [0.15, 0.2) is 36.7 Å². The minimum Gasteiger partial charge on any atom is -0.370 e. The number of aromatic nitrogens is 2. The molecule has 2 aromatic carbocycles. The van der Waals surface area contributed by atoms with E-state index in [0.717, 1.165) is 5.56 Å². The van der Waals surface area contributed by atoms with Crippen molar-refractivity contribution in [3.63, 3.8) is 0 Å². The number of anilines is 2. The van der Waals surface area contributed by atoms with Crippen LogP contribution in [0.4, 0.5) is 20.2 Å². The average molecular weight is 392 g/mol. The molecule has 0 bridgehead atoms. The van der Waals surface area contributed by atoms with Crippen molar-refractivity contribution in [3.8, 4) is 0 Å². The smallest absolute Gasteiger partial charge is 0.214 e. The number of halogens is 2. The Morgan fingerprint density at radius 3 is 2.14 bits per heavy atom. The zero-order valence-corrected chi connectivity index (χ0v) is 17.6. The summed E-state index contributed by atoms with van der Waals surface area (Å²) in [6.45, 7) is 11.1. The quantitative estimate of drug-likeness (QED) is 0.609. The molecule has 0 spiro atoms. The Hall–Kier alpha value is -2.96. The largest absolute Gasteiger partial charge is 0.370 e. The lowest BCUT2D eigenvalue weighted by atomic mass is 10.2. The predicted molar refractivity (Wildman–Crippen MR) is 113 cm³/mol. The normalized spacial score (nSPS) is 9.18. The van der Waals surface area contributed by atoms with Crippen LogP contribution in [0.3, 0.4) is 0 Å². The molecule has 0 atom stereocenters. The van der Waals surface area contributed by atoms with Gasteiger partial charge in [-0.05, 0) is 36.8 Å². The summed E-state index contributed by atoms with van der Waals surface area (Å²) < 4.78 is 29.8. The molecule has 1 amide bonds. The summed E-state index contributed by atoms with van der Waals surface area (Å²) in [6.07, 6.45) is 1.55. The van der Waals surface area contributed by atoms with Crippen molar-refractivity contribution in [2.45, 2.75) is 41.5 Å². The SMILES string of the molecule is CC.CC.CC(N)=O.Cc1ccc(Nc2ccc3c(ncn3C)c2F)c(F)c1. The molecule has 5 nitrogen and oxygen atoms in total. The number of benzene rings is 2. The molecule has 0 saturated heterocycles. The predicted octanol–water partition coefficient (Wildman–Crippen LogP) is 5.45. The highest BCUT2D eigenvalue weighted by Crippen LogP contribution is 2.27. The summed E-state index contributed by atoms with van der Waals surface area (Å²) in [4.78, 5) is 13.2. The van der Waals surface area contributed by atoms with E-state index in [2.05, 4.69) is 16.0 Å². The Kier molecular flexibility index (Phi) is 11.1. The van der Waals surface area contributed by atoms with Crippen LogP contribution in [-0.4, -0.2) is 15.5 Å². The first-order chi connectivity index (χ1) is 13.3. The van der Waals surface area contributed by atoms with Crippen molar-refractivity contribution >= 4 is 28.3 Å². The first kappa shape index (κ1) is 25.0. The number of imidazole rings is 1. The van der Waals surface area contributed by atoms with Crippen LogP contribution in [0, 0.1) is 18.6 Å². The van der Waals surface area contributed by atoms with Crippen LogP contribution in [-0.2, 0) is 11.8 Å². The molecule has 28 heavy (non-hydrogen) atoms. The molecule has 0 aliphatic heterocycles. The Labute approximate surface area is 165 Å². The van der Waals surface area contributed by atoms with Gasteiger partial charge in [-0.1, -0.05) is 33.8 Å². The first-order valence-corrected chi connectivity index (χ1v) is 9.18. The molecule has 0 radical (unpaired) electrons. The van der Waals surface area contributed by atoms with Crippen molar-refractivity contribution in [1.82, 2.24) is 9.55 Å². The van der Waals surface area contributed by atoms with E-state index in [0.29, 0.717) is 5.52 Å². The molecular weight excluding hydrogens is 362 g/mol. The number of nitrogens with zero attached hydrogens (tertiary/aromatic N) is 2. The van der Waals surface area contributed by atoms with Gasteiger partial charge >= 0.3 is 0 Å². The molecular formula is C21H30F2N4O. The summed E-state index contributed by atoms with van der Waals surface area (Å²) in [7, 11) is 1.79. The van der Waals surface area contributed by atoms with Crippen LogP contribution >= 0.6 is 0 Å². The van der Waals surface area contributed by atoms with Gasteiger partial charge in [-0.2, -0.15) is 0 Å². The lowest BCUT2D eigenvalue weighted by Gasteiger charge is -2.09. The Bertz CT molecular complexity index is 887. The van der Waals surface area contributed by atoms with E-state index in [1.807, 2.05) is 27.7 Å². The number of carbonyl (C=O) groups excluding carboxylic acids is 1. The van der Waals surface area contributed by atoms with E-state index >= 15 is 0 Å². The standard InChI is InChI=1S/C15H13F2N3.C2H5NO.2C2H6/c1-9-3-4-11(10(16)7-9)19-12-5-6-13-15(14(12)17)18-8-20(13)2;1-2(3)4;2*1-2/h3-8,19H,1-2H3;1H3,(H2,3,4);2*1-2H3. The topological polar surface area (TPSA) is 72.9 Å². The summed E-state index contributed by atoms with van der Waals surface area (Å²) in [5.74, 6) is -1.23. The number of aryl methyl sites for hydroxylation is 2. The summed E-state index contributed by atoms with van der Waals surface area (Å²) >= 11 is 0. The lowest BCUT2D eigenvalue weighted by Crippen LogP contribution is -2.01. The molecule has 0 unspecified atom stereocenters. The molecule has 0 saturated carbocycles. The van der Waals surface area contributed by atoms with Gasteiger partial charge in [-0.3, -0.25) is 4.79 Å². The second-order valence-electron chi connectivity index (χ2n) is 5.37. The third-order valence-electron chi connectivity index (χ3n) is 3.23. The number of hydrogen-bond donors (Lipinski definition) is 2. The molecule has 0 fully saturated rings. The maximum atomic E-state index is 14.3. The van der Waals surface area contributed by atoms with E-state index in [9.17, 15) is 13.6 Å². The van der Waals surface area contributed by atoms with Crippen molar-refractivity contribution < 1.29 is 13.6 Å². The van der Waals surface area contributed by atoms with Gasteiger partial charge in [0.25, 0.3) is 0 Å². The second kappa shape index (κ2) is 12.4. The van der Waals surface area contributed by atoms with Gasteiger partial charge in [0.2, 0.25) is 5.91 Å². The summed E-state index contributed by atoms with van der Waals surface area (Å²) in [5, 5.41) is 2.77. The number of hydrogen-bond acceptors (Lipinski definition) is 3. The molecule has 154 valence electrons.